The minimum absolute atomic E-state index is 0. The highest BCUT2D eigenvalue weighted by molar-refractivity contribution is 7.09. The molecule has 1 atom stereocenters. The van der Waals surface area contributed by atoms with Gasteiger partial charge in [0, 0.05) is 30.4 Å². The van der Waals surface area contributed by atoms with Crippen LogP contribution in [-0.2, 0) is 0 Å². The molecule has 0 aromatic carbocycles. The average molecular weight is 340 g/mol. The first kappa shape index (κ1) is 19.6. The molecule has 2 heterocycles. The van der Waals surface area contributed by atoms with Crippen molar-refractivity contribution in [2.45, 2.75) is 38.6 Å². The van der Waals surface area contributed by atoms with Crippen molar-refractivity contribution in [3.8, 4) is 0 Å². The van der Waals surface area contributed by atoms with E-state index in [1.54, 1.807) is 11.3 Å². The first-order valence-electron chi connectivity index (χ1n) is 6.54. The van der Waals surface area contributed by atoms with Crippen LogP contribution < -0.4 is 5.32 Å². The number of carbonyl (C=O) groups is 1. The number of nitrogens with zero attached hydrogens (tertiary/aromatic N) is 2. The van der Waals surface area contributed by atoms with Gasteiger partial charge in [0.25, 0.3) is 5.91 Å². The van der Waals surface area contributed by atoms with Crippen molar-refractivity contribution >= 4 is 42.1 Å². The number of hydrogen-bond acceptors (Lipinski definition) is 4. The summed E-state index contributed by atoms with van der Waals surface area (Å²) >= 11 is 1.59. The van der Waals surface area contributed by atoms with Crippen molar-refractivity contribution in [1.29, 1.82) is 0 Å². The number of likely N-dealkylation sites (tertiary alicyclic amines) is 1. The van der Waals surface area contributed by atoms with Crippen LogP contribution in [0.4, 0.5) is 0 Å². The first-order chi connectivity index (χ1) is 8.63. The Bertz CT molecular complexity index is 426. The van der Waals surface area contributed by atoms with Crippen LogP contribution >= 0.6 is 36.2 Å². The molecule has 1 aromatic heterocycles. The fraction of sp³-hybridized carbons (Fsp3) is 0.692. The number of likely N-dealkylation sites (N-methyl/N-ethyl adjacent to an activating group) is 1. The molecule has 0 aliphatic carbocycles. The molecule has 2 rings (SSSR count). The van der Waals surface area contributed by atoms with E-state index in [1.807, 2.05) is 17.3 Å². The standard InChI is InChI=1S/C13H21N3OS.2ClH/c1-9(2)12-15-11(8-18-12)13(17)16-6-4-5-10(16)7-14-3;;/h8-10,14H,4-7H2,1-3H3;2*1H. The quantitative estimate of drug-likeness (QED) is 0.917. The predicted octanol–water partition coefficient (Wildman–Crippen LogP) is 2.93. The van der Waals surface area contributed by atoms with Crippen LogP contribution in [0.25, 0.3) is 0 Å². The molecule has 0 bridgehead atoms. The van der Waals surface area contributed by atoms with Crippen molar-refractivity contribution in [3.05, 3.63) is 16.1 Å². The molecule has 0 spiro atoms. The van der Waals surface area contributed by atoms with E-state index in [0.29, 0.717) is 17.7 Å². The Kier molecular flexibility index (Phi) is 8.66. The second-order valence-corrected chi connectivity index (χ2v) is 5.97. The van der Waals surface area contributed by atoms with E-state index in [4.69, 9.17) is 0 Å². The van der Waals surface area contributed by atoms with Gasteiger partial charge in [0.15, 0.2) is 0 Å². The van der Waals surface area contributed by atoms with Gasteiger partial charge in [0.05, 0.1) is 5.01 Å². The number of halogens is 2. The minimum atomic E-state index is 0. The Morgan fingerprint density at radius 2 is 2.25 bits per heavy atom. The number of aromatic nitrogens is 1. The van der Waals surface area contributed by atoms with Gasteiger partial charge in [-0.2, -0.15) is 0 Å². The molecule has 1 saturated heterocycles. The SMILES string of the molecule is CNCC1CCCN1C(=O)c1csc(C(C)C)n1.Cl.Cl. The highest BCUT2D eigenvalue weighted by Crippen LogP contribution is 2.23. The van der Waals surface area contributed by atoms with Crippen LogP contribution in [0.2, 0.25) is 0 Å². The Morgan fingerprint density at radius 3 is 2.80 bits per heavy atom. The lowest BCUT2D eigenvalue weighted by atomic mass is 10.2. The molecule has 4 nitrogen and oxygen atoms in total. The van der Waals surface area contributed by atoms with Crippen molar-refractivity contribution in [2.24, 2.45) is 0 Å². The zero-order chi connectivity index (χ0) is 13.1. The van der Waals surface area contributed by atoms with E-state index >= 15 is 0 Å². The molecule has 1 amide bonds. The van der Waals surface area contributed by atoms with Gasteiger partial charge in [-0.3, -0.25) is 4.79 Å². The molecule has 1 aliphatic rings. The molecular formula is C13H23Cl2N3OS. The maximum atomic E-state index is 12.4. The summed E-state index contributed by atoms with van der Waals surface area (Å²) < 4.78 is 0. The van der Waals surface area contributed by atoms with Crippen LogP contribution in [0.5, 0.6) is 0 Å². The lowest BCUT2D eigenvalue weighted by molar-refractivity contribution is 0.0731. The number of rotatable bonds is 4. The van der Waals surface area contributed by atoms with Crippen molar-refractivity contribution in [3.63, 3.8) is 0 Å². The lowest BCUT2D eigenvalue weighted by Crippen LogP contribution is -2.41. The van der Waals surface area contributed by atoms with Crippen LogP contribution in [0.1, 0.15) is 48.1 Å². The van der Waals surface area contributed by atoms with Crippen LogP contribution in [0.15, 0.2) is 5.38 Å². The van der Waals surface area contributed by atoms with Crippen molar-refractivity contribution in [1.82, 2.24) is 15.2 Å². The maximum Gasteiger partial charge on any atom is 0.273 e. The molecule has 20 heavy (non-hydrogen) atoms. The summed E-state index contributed by atoms with van der Waals surface area (Å²) in [6, 6.07) is 0.326. The van der Waals surface area contributed by atoms with Gasteiger partial charge in [-0.15, -0.1) is 36.2 Å². The molecule has 7 heteroatoms. The molecule has 1 unspecified atom stereocenters. The highest BCUT2D eigenvalue weighted by Gasteiger charge is 2.30. The molecule has 116 valence electrons. The van der Waals surface area contributed by atoms with Gasteiger partial charge >= 0.3 is 0 Å². The second-order valence-electron chi connectivity index (χ2n) is 5.08. The van der Waals surface area contributed by atoms with Gasteiger partial charge in [0.2, 0.25) is 0 Å². The van der Waals surface area contributed by atoms with Crippen LogP contribution in [0.3, 0.4) is 0 Å². The number of thiazole rings is 1. The topological polar surface area (TPSA) is 45.2 Å². The summed E-state index contributed by atoms with van der Waals surface area (Å²) in [4.78, 5) is 18.8. The average Bonchev–Trinajstić information content (AvgIpc) is 2.97. The molecular weight excluding hydrogens is 317 g/mol. The largest absolute Gasteiger partial charge is 0.333 e. The van der Waals surface area contributed by atoms with Crippen LogP contribution in [0, 0.1) is 0 Å². The van der Waals surface area contributed by atoms with E-state index < -0.39 is 0 Å². The third kappa shape index (κ3) is 4.32. The summed E-state index contributed by atoms with van der Waals surface area (Å²) in [7, 11) is 1.93. The molecule has 0 radical (unpaired) electrons. The Balaban J connectivity index is 0.00000180. The molecule has 1 fully saturated rings. The molecule has 1 N–H and O–H groups in total. The third-order valence-electron chi connectivity index (χ3n) is 3.31. The zero-order valence-electron chi connectivity index (χ0n) is 12.1. The van der Waals surface area contributed by atoms with Gasteiger partial charge in [-0.1, -0.05) is 13.8 Å². The Hall–Kier alpha value is -0.360. The summed E-state index contributed by atoms with van der Waals surface area (Å²) in [5.74, 6) is 0.485. The third-order valence-corrected chi connectivity index (χ3v) is 4.46. The summed E-state index contributed by atoms with van der Waals surface area (Å²) in [5.41, 5.74) is 0.617. The second kappa shape index (κ2) is 8.82. The predicted molar refractivity (Wildman–Crippen MR) is 88.7 cm³/mol. The Labute approximate surface area is 137 Å². The van der Waals surface area contributed by atoms with Gasteiger partial charge < -0.3 is 10.2 Å². The number of amides is 1. The highest BCUT2D eigenvalue weighted by atomic mass is 35.5. The van der Waals surface area contributed by atoms with E-state index in [1.165, 1.54) is 0 Å². The summed E-state index contributed by atoms with van der Waals surface area (Å²) in [5, 5.41) is 6.10. The van der Waals surface area contributed by atoms with E-state index in [-0.39, 0.29) is 30.7 Å². The Morgan fingerprint density at radius 1 is 1.55 bits per heavy atom. The van der Waals surface area contributed by atoms with E-state index in [9.17, 15) is 4.79 Å². The zero-order valence-corrected chi connectivity index (χ0v) is 14.5. The fourth-order valence-corrected chi connectivity index (χ4v) is 3.16. The van der Waals surface area contributed by atoms with Gasteiger partial charge in [-0.25, -0.2) is 4.98 Å². The number of carbonyl (C=O) groups excluding carboxylic acids is 1. The monoisotopic (exact) mass is 339 g/mol. The molecule has 0 saturated carbocycles. The molecule has 1 aliphatic heterocycles. The van der Waals surface area contributed by atoms with Crippen LogP contribution in [-0.4, -0.2) is 42.0 Å². The smallest absolute Gasteiger partial charge is 0.273 e. The minimum Gasteiger partial charge on any atom is -0.333 e. The van der Waals surface area contributed by atoms with E-state index in [2.05, 4.69) is 24.1 Å². The van der Waals surface area contributed by atoms with E-state index in [0.717, 1.165) is 30.9 Å². The fourth-order valence-electron chi connectivity index (χ4n) is 2.35. The molecule has 1 aromatic rings. The van der Waals surface area contributed by atoms with Crippen molar-refractivity contribution in [2.75, 3.05) is 20.1 Å². The number of hydrogen-bond donors (Lipinski definition) is 1. The maximum absolute atomic E-state index is 12.4. The number of nitrogens with one attached hydrogen (secondary N) is 1. The first-order valence-corrected chi connectivity index (χ1v) is 7.42. The van der Waals surface area contributed by atoms with Crippen molar-refractivity contribution < 1.29 is 4.79 Å². The normalized spacial score (nSPS) is 17.8. The van der Waals surface area contributed by atoms with Gasteiger partial charge in [0.1, 0.15) is 5.69 Å². The van der Waals surface area contributed by atoms with Gasteiger partial charge in [-0.05, 0) is 19.9 Å². The summed E-state index contributed by atoms with van der Waals surface area (Å²) in [6.45, 7) is 5.94. The summed E-state index contributed by atoms with van der Waals surface area (Å²) in [6.07, 6.45) is 2.19. The lowest BCUT2D eigenvalue weighted by Gasteiger charge is -2.23.